The highest BCUT2D eigenvalue weighted by Gasteiger charge is 2.21. The largest absolute Gasteiger partial charge is 0.329 e. The summed E-state index contributed by atoms with van der Waals surface area (Å²) in [5, 5.41) is 0. The molecule has 354 valence electrons. The number of carbonyl (C=O) groups is 2. The molecule has 0 aromatic heterocycles. The molecule has 6 nitrogen and oxygen atoms in total. The van der Waals surface area contributed by atoms with Crippen molar-refractivity contribution < 1.29 is 9.59 Å². The molecule has 0 saturated carbocycles. The van der Waals surface area contributed by atoms with Crippen molar-refractivity contribution in [3.05, 3.63) is 0 Å². The van der Waals surface area contributed by atoms with Crippen molar-refractivity contribution in [1.82, 2.24) is 19.6 Å². The molecule has 0 aliphatic rings. The van der Waals surface area contributed by atoms with E-state index in [-0.39, 0.29) is 23.9 Å². The molecule has 0 N–H and O–H groups in total. The molecule has 0 unspecified atom stereocenters. The summed E-state index contributed by atoms with van der Waals surface area (Å²) in [5.74, 6) is 7.33. The first-order valence-electron chi connectivity index (χ1n) is 26.8. The summed E-state index contributed by atoms with van der Waals surface area (Å²) in [5.41, 5.74) is 0. The van der Waals surface area contributed by atoms with Crippen molar-refractivity contribution in [3.8, 4) is 11.8 Å². The molecular formula is C54H106N4O2. The Hall–Kier alpha value is -1.58. The monoisotopic (exact) mass is 843 g/mol. The third-order valence-electron chi connectivity index (χ3n) is 13.3. The Morgan fingerprint density at radius 2 is 0.617 bits per heavy atom. The normalized spacial score (nSPS) is 12.5. The molecule has 0 spiro atoms. The number of hydrogen-bond acceptors (Lipinski definition) is 4. The Labute approximate surface area is 376 Å². The third kappa shape index (κ3) is 34.0. The fourth-order valence-electron chi connectivity index (χ4n) is 8.75. The van der Waals surface area contributed by atoms with E-state index >= 15 is 0 Å². The predicted octanol–water partition coefficient (Wildman–Crippen LogP) is 14.6. The number of hydrogen-bond donors (Lipinski definition) is 0. The van der Waals surface area contributed by atoms with Gasteiger partial charge in [-0.3, -0.25) is 9.59 Å². The van der Waals surface area contributed by atoms with E-state index in [0.717, 1.165) is 90.6 Å². The van der Waals surface area contributed by atoms with Gasteiger partial charge in [0, 0.05) is 24.9 Å². The van der Waals surface area contributed by atoms with Crippen LogP contribution in [0.5, 0.6) is 0 Å². The average molecular weight is 843 g/mol. The van der Waals surface area contributed by atoms with Crippen LogP contribution in [0.25, 0.3) is 0 Å². The summed E-state index contributed by atoms with van der Waals surface area (Å²) < 4.78 is 0. The molecule has 0 rings (SSSR count). The quantitative estimate of drug-likeness (QED) is 0.0453. The van der Waals surface area contributed by atoms with E-state index in [1.807, 2.05) is 0 Å². The first kappa shape index (κ1) is 58.4. The summed E-state index contributed by atoms with van der Waals surface area (Å²) in [6, 6.07) is 0.327. The number of nitrogens with zero attached hydrogens (tertiary/aromatic N) is 4. The maximum absolute atomic E-state index is 13.7. The van der Waals surface area contributed by atoms with E-state index in [9.17, 15) is 9.59 Å². The zero-order valence-corrected chi connectivity index (χ0v) is 42.0. The van der Waals surface area contributed by atoms with Crippen molar-refractivity contribution in [2.45, 2.75) is 273 Å². The van der Waals surface area contributed by atoms with Crippen molar-refractivity contribution in [3.63, 3.8) is 0 Å². The Morgan fingerprint density at radius 3 is 0.867 bits per heavy atom. The molecule has 0 bridgehead atoms. The molecule has 0 aromatic rings. The van der Waals surface area contributed by atoms with Crippen LogP contribution < -0.4 is 0 Å². The highest BCUT2D eigenvalue weighted by Crippen LogP contribution is 2.17. The van der Waals surface area contributed by atoms with E-state index in [1.165, 1.54) is 141 Å². The van der Waals surface area contributed by atoms with Crippen molar-refractivity contribution in [2.75, 3.05) is 52.4 Å². The first-order valence-corrected chi connectivity index (χ1v) is 26.8. The van der Waals surface area contributed by atoms with E-state index in [2.05, 4.69) is 86.8 Å². The summed E-state index contributed by atoms with van der Waals surface area (Å²) in [4.78, 5) is 36.5. The third-order valence-corrected chi connectivity index (χ3v) is 13.3. The molecule has 0 aromatic carbocycles. The molecule has 60 heavy (non-hydrogen) atoms. The molecule has 0 aliphatic heterocycles. The van der Waals surface area contributed by atoms with Gasteiger partial charge >= 0.3 is 0 Å². The fourth-order valence-corrected chi connectivity index (χ4v) is 8.75. The van der Waals surface area contributed by atoms with E-state index in [4.69, 9.17) is 0 Å². The summed E-state index contributed by atoms with van der Waals surface area (Å²) in [6.07, 6.45) is 39.5. The van der Waals surface area contributed by atoms with Gasteiger partial charge < -0.3 is 19.6 Å². The zero-order valence-electron chi connectivity index (χ0n) is 42.0. The van der Waals surface area contributed by atoms with Crippen LogP contribution in [0.15, 0.2) is 0 Å². The lowest BCUT2D eigenvalue weighted by molar-refractivity contribution is -0.133. The Balaban J connectivity index is 5.19. The molecule has 0 radical (unpaired) electrons. The molecule has 2 amide bonds. The van der Waals surface area contributed by atoms with E-state index in [0.29, 0.717) is 25.9 Å². The standard InChI is InChI=1S/C54H106N4O2/c1-9-15-17-19-21-23-25-27-29-31-33-35-37-45-53(59)57(51(7)43-41-47-55(11-3)12-4)49-39-40-50-58(52(8)44-42-48-56(13-5)14-6)54(60)46-38-36-34-32-30-28-26-24-22-20-18-16-10-2/h51-52H,9-38,41-50H2,1-8H3/t51-,52+. The van der Waals surface area contributed by atoms with Gasteiger partial charge in [0.05, 0.1) is 13.1 Å². The summed E-state index contributed by atoms with van der Waals surface area (Å²) in [7, 11) is 0. The molecule has 0 heterocycles. The van der Waals surface area contributed by atoms with Gasteiger partial charge in [0.15, 0.2) is 0 Å². The topological polar surface area (TPSA) is 47.1 Å². The second-order valence-electron chi connectivity index (χ2n) is 18.4. The van der Waals surface area contributed by atoms with Crippen LogP contribution in [0.4, 0.5) is 0 Å². The second kappa shape index (κ2) is 44.0. The smallest absolute Gasteiger partial charge is 0.223 e. The van der Waals surface area contributed by atoms with Gasteiger partial charge in [-0.15, -0.1) is 0 Å². The van der Waals surface area contributed by atoms with E-state index in [1.54, 1.807) is 0 Å². The van der Waals surface area contributed by atoms with Crippen LogP contribution >= 0.6 is 0 Å². The van der Waals surface area contributed by atoms with Crippen LogP contribution in [0.3, 0.4) is 0 Å². The maximum Gasteiger partial charge on any atom is 0.223 e. The Kier molecular flexibility index (Phi) is 42.9. The average Bonchev–Trinajstić information content (AvgIpc) is 3.25. The van der Waals surface area contributed by atoms with Crippen LogP contribution in [0.2, 0.25) is 0 Å². The molecular weight excluding hydrogens is 737 g/mol. The minimum Gasteiger partial charge on any atom is -0.329 e. The van der Waals surface area contributed by atoms with Crippen molar-refractivity contribution in [1.29, 1.82) is 0 Å². The number of rotatable bonds is 44. The minimum atomic E-state index is 0.164. The van der Waals surface area contributed by atoms with Crippen LogP contribution in [-0.4, -0.2) is 95.9 Å². The lowest BCUT2D eigenvalue weighted by Gasteiger charge is -2.29. The van der Waals surface area contributed by atoms with E-state index < -0.39 is 0 Å². The van der Waals surface area contributed by atoms with Crippen LogP contribution in [0, 0.1) is 11.8 Å². The molecule has 0 saturated heterocycles. The Morgan fingerprint density at radius 1 is 0.367 bits per heavy atom. The molecule has 0 aliphatic carbocycles. The summed E-state index contributed by atoms with van der Waals surface area (Å²) >= 11 is 0. The predicted molar refractivity (Wildman–Crippen MR) is 265 cm³/mol. The van der Waals surface area contributed by atoms with Gasteiger partial charge in [-0.1, -0.05) is 207 Å². The molecule has 0 fully saturated rings. The number of carbonyl (C=O) groups excluding carboxylic acids is 2. The van der Waals surface area contributed by atoms with Gasteiger partial charge in [-0.2, -0.15) is 0 Å². The van der Waals surface area contributed by atoms with Gasteiger partial charge in [0.1, 0.15) is 0 Å². The fraction of sp³-hybridized carbons (Fsp3) is 0.926. The number of amides is 2. The van der Waals surface area contributed by atoms with Gasteiger partial charge in [-0.25, -0.2) is 0 Å². The number of unbranched alkanes of at least 4 members (excludes halogenated alkanes) is 24. The second-order valence-corrected chi connectivity index (χ2v) is 18.4. The van der Waals surface area contributed by atoms with Crippen LogP contribution in [-0.2, 0) is 9.59 Å². The first-order chi connectivity index (χ1) is 29.3. The lowest BCUT2D eigenvalue weighted by Crippen LogP contribution is -2.40. The van der Waals surface area contributed by atoms with Crippen molar-refractivity contribution >= 4 is 11.8 Å². The lowest BCUT2D eigenvalue weighted by atomic mass is 10.0. The summed E-state index contributed by atoms with van der Waals surface area (Å²) in [6.45, 7) is 25.3. The Bertz CT molecular complexity index is 923. The minimum absolute atomic E-state index is 0.164. The van der Waals surface area contributed by atoms with Crippen LogP contribution in [0.1, 0.15) is 261 Å². The molecule has 6 heteroatoms. The van der Waals surface area contributed by atoms with Gasteiger partial charge in [0.2, 0.25) is 11.8 Å². The zero-order chi connectivity index (χ0) is 44.3. The SMILES string of the molecule is CCCCCCCCCCCCCCCC(=O)N(CC#CCN(C(=O)CCCCCCCCCCCCCCC)[C@@H](C)CCCN(CC)CC)[C@H](C)CCCN(CC)CC. The van der Waals surface area contributed by atoms with Gasteiger partial charge in [0.25, 0.3) is 0 Å². The highest BCUT2D eigenvalue weighted by atomic mass is 16.2. The van der Waals surface area contributed by atoms with Crippen molar-refractivity contribution in [2.24, 2.45) is 0 Å². The molecule has 2 atom stereocenters. The highest BCUT2D eigenvalue weighted by molar-refractivity contribution is 5.77. The van der Waals surface area contributed by atoms with Gasteiger partial charge in [-0.05, 0) is 91.6 Å². The maximum atomic E-state index is 13.7.